The topological polar surface area (TPSA) is 84.7 Å². The summed E-state index contributed by atoms with van der Waals surface area (Å²) in [7, 11) is 3.24. The fraction of sp³-hybridized carbons (Fsp3) is 0.222. The molecule has 2 aromatic rings. The predicted octanol–water partition coefficient (Wildman–Crippen LogP) is 1.94. The van der Waals surface area contributed by atoms with Crippen LogP contribution in [0.3, 0.4) is 0 Å². The Labute approximate surface area is 141 Å². The van der Waals surface area contributed by atoms with E-state index in [0.717, 1.165) is 5.56 Å². The van der Waals surface area contributed by atoms with Gasteiger partial charge in [0.25, 0.3) is 0 Å². The van der Waals surface area contributed by atoms with Gasteiger partial charge >= 0.3 is 6.03 Å². The van der Waals surface area contributed by atoms with Crippen LogP contribution < -0.4 is 20.7 Å². The summed E-state index contributed by atoms with van der Waals surface area (Å²) in [6.45, 7) is 0. The van der Waals surface area contributed by atoms with Gasteiger partial charge in [-0.3, -0.25) is 4.79 Å². The van der Waals surface area contributed by atoms with Crippen molar-refractivity contribution in [3.63, 3.8) is 0 Å². The normalized spacial score (nSPS) is 11.4. The quantitative estimate of drug-likeness (QED) is 0.850. The Hall–Kier alpha value is -3.02. The third-order valence-electron chi connectivity index (χ3n) is 3.69. The standard InChI is InChI=1S/C18H21N3O3/c1-21(14-8-10-15(24-2)11-9-14)17(22)16(20-18(19)23)12-13-6-4-3-5-7-13/h3-11,16H,12H2,1-2H3,(H3,19,20,23)/t16-/m0/s1. The van der Waals surface area contributed by atoms with E-state index in [9.17, 15) is 9.59 Å². The monoisotopic (exact) mass is 327 g/mol. The lowest BCUT2D eigenvalue weighted by atomic mass is 10.0. The lowest BCUT2D eigenvalue weighted by molar-refractivity contribution is -0.120. The molecule has 6 heteroatoms. The van der Waals surface area contributed by atoms with Crippen LogP contribution in [-0.2, 0) is 11.2 Å². The van der Waals surface area contributed by atoms with Gasteiger partial charge in [-0.15, -0.1) is 0 Å². The molecule has 0 aliphatic heterocycles. The second-order valence-corrected chi connectivity index (χ2v) is 5.35. The SMILES string of the molecule is COc1ccc(N(C)C(=O)[C@H](Cc2ccccc2)NC(N)=O)cc1. The van der Waals surface area contributed by atoms with Gasteiger partial charge in [0.1, 0.15) is 11.8 Å². The lowest BCUT2D eigenvalue weighted by Gasteiger charge is -2.24. The van der Waals surface area contributed by atoms with E-state index in [1.807, 2.05) is 30.3 Å². The molecule has 0 unspecified atom stereocenters. The molecule has 2 rings (SSSR count). The highest BCUT2D eigenvalue weighted by atomic mass is 16.5. The van der Waals surface area contributed by atoms with E-state index >= 15 is 0 Å². The highest BCUT2D eigenvalue weighted by Crippen LogP contribution is 2.19. The number of primary amides is 1. The van der Waals surface area contributed by atoms with E-state index in [4.69, 9.17) is 10.5 Å². The smallest absolute Gasteiger partial charge is 0.312 e. The van der Waals surface area contributed by atoms with E-state index in [0.29, 0.717) is 17.9 Å². The molecule has 126 valence electrons. The molecule has 3 amide bonds. The van der Waals surface area contributed by atoms with Crippen molar-refractivity contribution in [1.82, 2.24) is 5.32 Å². The van der Waals surface area contributed by atoms with Gasteiger partial charge in [0.15, 0.2) is 0 Å². The first-order valence-electron chi connectivity index (χ1n) is 7.52. The molecule has 24 heavy (non-hydrogen) atoms. The molecule has 1 atom stereocenters. The van der Waals surface area contributed by atoms with Crippen LogP contribution in [0.5, 0.6) is 5.75 Å². The summed E-state index contributed by atoms with van der Waals surface area (Å²) >= 11 is 0. The molecule has 0 spiro atoms. The Morgan fingerprint density at radius 1 is 1.12 bits per heavy atom. The zero-order valence-electron chi connectivity index (χ0n) is 13.7. The molecule has 2 aromatic carbocycles. The zero-order chi connectivity index (χ0) is 17.5. The van der Waals surface area contributed by atoms with E-state index in [2.05, 4.69) is 5.32 Å². The molecule has 0 heterocycles. The molecule has 0 aliphatic carbocycles. The number of likely N-dealkylation sites (N-methyl/N-ethyl adjacent to an activating group) is 1. The third-order valence-corrected chi connectivity index (χ3v) is 3.69. The summed E-state index contributed by atoms with van der Waals surface area (Å²) in [5, 5.41) is 2.52. The van der Waals surface area contributed by atoms with Crippen molar-refractivity contribution in [3.8, 4) is 5.75 Å². The highest BCUT2D eigenvalue weighted by Gasteiger charge is 2.24. The fourth-order valence-electron chi connectivity index (χ4n) is 2.39. The summed E-state index contributed by atoms with van der Waals surface area (Å²) in [6.07, 6.45) is 0.364. The van der Waals surface area contributed by atoms with Crippen molar-refractivity contribution < 1.29 is 14.3 Å². The number of nitrogens with one attached hydrogen (secondary N) is 1. The minimum Gasteiger partial charge on any atom is -0.497 e. The molecule has 0 radical (unpaired) electrons. The molecule has 0 saturated carbocycles. The van der Waals surface area contributed by atoms with Crippen molar-refractivity contribution in [3.05, 3.63) is 60.2 Å². The number of anilines is 1. The number of rotatable bonds is 6. The first-order chi connectivity index (χ1) is 11.5. The fourth-order valence-corrected chi connectivity index (χ4v) is 2.39. The number of carbonyl (C=O) groups is 2. The predicted molar refractivity (Wildman–Crippen MR) is 93.1 cm³/mol. The Bertz CT molecular complexity index is 686. The van der Waals surface area contributed by atoms with E-state index < -0.39 is 12.1 Å². The van der Waals surface area contributed by atoms with Crippen LogP contribution in [0.15, 0.2) is 54.6 Å². The summed E-state index contributed by atoms with van der Waals surface area (Å²) in [4.78, 5) is 25.5. The van der Waals surface area contributed by atoms with E-state index in [1.165, 1.54) is 4.90 Å². The number of hydrogen-bond acceptors (Lipinski definition) is 3. The van der Waals surface area contributed by atoms with Crippen molar-refractivity contribution in [2.75, 3.05) is 19.1 Å². The molecule has 6 nitrogen and oxygen atoms in total. The Balaban J connectivity index is 2.17. The summed E-state index contributed by atoms with van der Waals surface area (Å²) in [5.74, 6) is 0.457. The number of urea groups is 1. The van der Waals surface area contributed by atoms with Crippen LogP contribution in [0.4, 0.5) is 10.5 Å². The van der Waals surface area contributed by atoms with Gasteiger partial charge in [0.2, 0.25) is 5.91 Å². The van der Waals surface area contributed by atoms with Gasteiger partial charge in [-0.25, -0.2) is 4.79 Å². The second-order valence-electron chi connectivity index (χ2n) is 5.35. The highest BCUT2D eigenvalue weighted by molar-refractivity contribution is 5.98. The van der Waals surface area contributed by atoms with Gasteiger partial charge < -0.3 is 20.7 Å². The van der Waals surface area contributed by atoms with Crippen molar-refractivity contribution in [2.24, 2.45) is 5.73 Å². The number of nitrogens with two attached hydrogens (primary N) is 1. The van der Waals surface area contributed by atoms with Crippen LogP contribution in [-0.4, -0.2) is 32.1 Å². The minimum absolute atomic E-state index is 0.247. The van der Waals surface area contributed by atoms with Crippen molar-refractivity contribution >= 4 is 17.6 Å². The van der Waals surface area contributed by atoms with Gasteiger partial charge in [0, 0.05) is 19.2 Å². The van der Waals surface area contributed by atoms with Crippen LogP contribution in [0, 0.1) is 0 Å². The molecule has 0 fully saturated rings. The molecule has 0 bridgehead atoms. The van der Waals surface area contributed by atoms with Crippen LogP contribution >= 0.6 is 0 Å². The largest absolute Gasteiger partial charge is 0.497 e. The number of hydrogen-bond donors (Lipinski definition) is 2. The van der Waals surface area contributed by atoms with Crippen molar-refractivity contribution in [2.45, 2.75) is 12.5 Å². The average Bonchev–Trinajstić information content (AvgIpc) is 2.60. The van der Waals surface area contributed by atoms with E-state index in [-0.39, 0.29) is 5.91 Å². The summed E-state index contributed by atoms with van der Waals surface area (Å²) in [5.41, 5.74) is 6.86. The minimum atomic E-state index is -0.739. The van der Waals surface area contributed by atoms with Crippen LogP contribution in [0.2, 0.25) is 0 Å². The van der Waals surface area contributed by atoms with Gasteiger partial charge in [-0.1, -0.05) is 30.3 Å². The Kier molecular flexibility index (Phi) is 5.78. The van der Waals surface area contributed by atoms with E-state index in [1.54, 1.807) is 38.4 Å². The number of benzene rings is 2. The maximum Gasteiger partial charge on any atom is 0.312 e. The number of nitrogens with zero attached hydrogens (tertiary/aromatic N) is 1. The molecule has 0 aliphatic rings. The first-order valence-corrected chi connectivity index (χ1v) is 7.52. The summed E-state index contributed by atoms with van der Waals surface area (Å²) in [6, 6.07) is 15.1. The third kappa shape index (κ3) is 4.49. The number of carbonyl (C=O) groups excluding carboxylic acids is 2. The van der Waals surface area contributed by atoms with Gasteiger partial charge in [0.05, 0.1) is 7.11 Å². The van der Waals surface area contributed by atoms with Gasteiger partial charge in [-0.05, 0) is 29.8 Å². The first kappa shape index (κ1) is 17.3. The second kappa shape index (κ2) is 8.01. The number of ether oxygens (including phenoxy) is 1. The molecule has 3 N–H and O–H groups in total. The number of amides is 3. The Morgan fingerprint density at radius 3 is 2.29 bits per heavy atom. The molecule has 0 saturated heterocycles. The molecular weight excluding hydrogens is 306 g/mol. The van der Waals surface area contributed by atoms with Crippen molar-refractivity contribution in [1.29, 1.82) is 0 Å². The maximum atomic E-state index is 12.8. The maximum absolute atomic E-state index is 12.8. The zero-order valence-corrected chi connectivity index (χ0v) is 13.7. The summed E-state index contributed by atoms with van der Waals surface area (Å²) < 4.78 is 5.11. The number of methoxy groups -OCH3 is 1. The van der Waals surface area contributed by atoms with Crippen LogP contribution in [0.25, 0.3) is 0 Å². The van der Waals surface area contributed by atoms with Crippen LogP contribution in [0.1, 0.15) is 5.56 Å². The molecule has 0 aromatic heterocycles. The Morgan fingerprint density at radius 2 is 1.75 bits per heavy atom. The molecular formula is C18H21N3O3. The average molecular weight is 327 g/mol. The van der Waals surface area contributed by atoms with Gasteiger partial charge in [-0.2, -0.15) is 0 Å². The lowest BCUT2D eigenvalue weighted by Crippen LogP contribution is -2.50.